The first kappa shape index (κ1) is 15.6. The maximum Gasteiger partial charge on any atom is 0.328 e. The van der Waals surface area contributed by atoms with Gasteiger partial charge in [-0.25, -0.2) is 17.9 Å². The first-order valence-electron chi connectivity index (χ1n) is 6.04. The van der Waals surface area contributed by atoms with E-state index in [1.807, 2.05) is 0 Å². The molecule has 8 heteroatoms. The number of carboxylic acid groups (broad SMARTS) is 1. The zero-order valence-corrected chi connectivity index (χ0v) is 11.5. The smallest absolute Gasteiger partial charge is 0.328 e. The average molecular weight is 290 g/mol. The fourth-order valence-corrected chi connectivity index (χ4v) is 2.71. The molecule has 1 aliphatic rings. The van der Waals surface area contributed by atoms with Crippen molar-refractivity contribution in [3.63, 3.8) is 0 Å². The highest BCUT2D eigenvalue weighted by Crippen LogP contribution is 2.11. The van der Waals surface area contributed by atoms with Crippen LogP contribution in [-0.4, -0.2) is 55.2 Å². The van der Waals surface area contributed by atoms with E-state index >= 15 is 0 Å². The number of nitrogens with zero attached hydrogens (tertiary/aromatic N) is 1. The number of rotatable bonds is 5. The number of hydrogen-bond donors (Lipinski definition) is 2. The summed E-state index contributed by atoms with van der Waals surface area (Å²) in [6.07, 6.45) is 2.88. The Labute approximate surface area is 112 Å². The summed E-state index contributed by atoms with van der Waals surface area (Å²) in [7, 11) is -3.22. The lowest BCUT2D eigenvalue weighted by Crippen LogP contribution is -2.46. The summed E-state index contributed by atoms with van der Waals surface area (Å²) in [6.45, 7) is 2.40. The van der Waals surface area contributed by atoms with Gasteiger partial charge >= 0.3 is 5.97 Å². The molecule has 1 heterocycles. The number of piperidine rings is 1. The Balaban J connectivity index is 2.45. The normalized spacial score (nSPS) is 17.8. The monoisotopic (exact) mass is 290 g/mol. The van der Waals surface area contributed by atoms with Crippen molar-refractivity contribution in [2.75, 3.05) is 18.8 Å². The first-order valence-corrected chi connectivity index (χ1v) is 7.69. The molecule has 7 nitrogen and oxygen atoms in total. The summed E-state index contributed by atoms with van der Waals surface area (Å²) in [5, 5.41) is 8.42. The number of sulfonamides is 1. The number of likely N-dealkylation sites (tertiary alicyclic amines) is 1. The van der Waals surface area contributed by atoms with Crippen LogP contribution in [-0.2, 0) is 19.6 Å². The molecule has 2 N–H and O–H groups in total. The largest absolute Gasteiger partial charge is 0.478 e. The van der Waals surface area contributed by atoms with Crippen molar-refractivity contribution >= 4 is 21.9 Å². The lowest BCUT2D eigenvalue weighted by atomic mass is 10.1. The minimum Gasteiger partial charge on any atom is -0.478 e. The van der Waals surface area contributed by atoms with Gasteiger partial charge in [-0.2, -0.15) is 0 Å². The SMILES string of the molecule is CCS(=O)(=O)NC1CCN(C(=O)/C=C/C(=O)O)CC1. The van der Waals surface area contributed by atoms with E-state index in [0.717, 1.165) is 12.2 Å². The van der Waals surface area contributed by atoms with Crippen LogP contribution in [0.3, 0.4) is 0 Å². The number of carbonyl (C=O) groups excluding carboxylic acids is 1. The zero-order chi connectivity index (χ0) is 14.5. The summed E-state index contributed by atoms with van der Waals surface area (Å²) in [4.78, 5) is 23.4. The third-order valence-electron chi connectivity index (χ3n) is 2.90. The van der Waals surface area contributed by atoms with Crippen molar-refractivity contribution in [1.29, 1.82) is 0 Å². The van der Waals surface area contributed by atoms with Gasteiger partial charge in [-0.05, 0) is 19.8 Å². The van der Waals surface area contributed by atoms with Crippen LogP contribution in [0.5, 0.6) is 0 Å². The molecular weight excluding hydrogens is 272 g/mol. The fraction of sp³-hybridized carbons (Fsp3) is 0.636. The van der Waals surface area contributed by atoms with Crippen LogP contribution >= 0.6 is 0 Å². The van der Waals surface area contributed by atoms with Crippen LogP contribution in [0.4, 0.5) is 0 Å². The van der Waals surface area contributed by atoms with Crippen LogP contribution in [0.15, 0.2) is 12.2 Å². The Morgan fingerprint density at radius 3 is 2.37 bits per heavy atom. The van der Waals surface area contributed by atoms with Gasteiger partial charge in [-0.1, -0.05) is 0 Å². The minimum atomic E-state index is -3.22. The van der Waals surface area contributed by atoms with Crippen LogP contribution in [0.1, 0.15) is 19.8 Å². The molecule has 1 amide bonds. The van der Waals surface area contributed by atoms with Gasteiger partial charge < -0.3 is 10.0 Å². The highest BCUT2D eigenvalue weighted by molar-refractivity contribution is 7.89. The Morgan fingerprint density at radius 2 is 1.89 bits per heavy atom. The quantitative estimate of drug-likeness (QED) is 0.668. The highest BCUT2D eigenvalue weighted by atomic mass is 32.2. The second-order valence-electron chi connectivity index (χ2n) is 4.29. The van der Waals surface area contributed by atoms with E-state index in [-0.39, 0.29) is 17.7 Å². The molecule has 1 fully saturated rings. The Bertz CT molecular complexity index is 463. The van der Waals surface area contributed by atoms with Crippen LogP contribution in [0.25, 0.3) is 0 Å². The lowest BCUT2D eigenvalue weighted by molar-refractivity contribution is -0.132. The third-order valence-corrected chi connectivity index (χ3v) is 4.35. The Morgan fingerprint density at radius 1 is 1.32 bits per heavy atom. The molecule has 0 unspecified atom stereocenters. The van der Waals surface area contributed by atoms with Crippen LogP contribution in [0.2, 0.25) is 0 Å². The fourth-order valence-electron chi connectivity index (χ4n) is 1.80. The lowest BCUT2D eigenvalue weighted by Gasteiger charge is -2.31. The molecule has 19 heavy (non-hydrogen) atoms. The summed E-state index contributed by atoms with van der Waals surface area (Å²) < 4.78 is 25.4. The van der Waals surface area contributed by atoms with Gasteiger partial charge in [0.15, 0.2) is 0 Å². The molecule has 1 saturated heterocycles. The molecule has 0 radical (unpaired) electrons. The number of hydrogen-bond acceptors (Lipinski definition) is 4. The predicted molar refractivity (Wildman–Crippen MR) is 69.0 cm³/mol. The van der Waals surface area contributed by atoms with E-state index in [1.54, 1.807) is 6.92 Å². The van der Waals surface area contributed by atoms with E-state index in [9.17, 15) is 18.0 Å². The van der Waals surface area contributed by atoms with Gasteiger partial charge in [-0.3, -0.25) is 4.79 Å². The molecule has 0 aromatic heterocycles. The van der Waals surface area contributed by atoms with Crippen LogP contribution < -0.4 is 4.72 Å². The van der Waals surface area contributed by atoms with Crippen molar-refractivity contribution in [3.05, 3.63) is 12.2 Å². The van der Waals surface area contributed by atoms with E-state index in [4.69, 9.17) is 5.11 Å². The molecule has 0 saturated carbocycles. The van der Waals surface area contributed by atoms with Gasteiger partial charge in [0.1, 0.15) is 0 Å². The van der Waals surface area contributed by atoms with Crippen molar-refractivity contribution in [2.45, 2.75) is 25.8 Å². The molecule has 0 spiro atoms. The van der Waals surface area contributed by atoms with Gasteiger partial charge in [0.05, 0.1) is 5.75 Å². The summed E-state index contributed by atoms with van der Waals surface area (Å²) in [5.41, 5.74) is 0. The molecule has 0 atom stereocenters. The van der Waals surface area contributed by atoms with E-state index < -0.39 is 16.0 Å². The minimum absolute atomic E-state index is 0.0352. The Hall–Kier alpha value is -1.41. The molecule has 0 aromatic rings. The van der Waals surface area contributed by atoms with Gasteiger partial charge in [0.25, 0.3) is 0 Å². The molecule has 1 aliphatic heterocycles. The topological polar surface area (TPSA) is 104 Å². The number of carboxylic acids is 1. The number of aliphatic carboxylic acids is 1. The molecule has 1 rings (SSSR count). The van der Waals surface area contributed by atoms with E-state index in [2.05, 4.69) is 4.72 Å². The number of carbonyl (C=O) groups is 2. The second kappa shape index (κ2) is 6.67. The standard InChI is InChI=1S/C11H18N2O5S/c1-2-19(17,18)12-9-5-7-13(8-6-9)10(14)3-4-11(15)16/h3-4,9,12H,2,5-8H2,1H3,(H,15,16)/b4-3+. The third kappa shape index (κ3) is 5.39. The number of nitrogens with one attached hydrogen (secondary N) is 1. The molecular formula is C11H18N2O5S. The average Bonchev–Trinajstić information content (AvgIpc) is 2.36. The summed E-state index contributed by atoms with van der Waals surface area (Å²) in [5.74, 6) is -1.49. The van der Waals surface area contributed by atoms with Crippen molar-refractivity contribution in [2.24, 2.45) is 0 Å². The van der Waals surface area contributed by atoms with Crippen molar-refractivity contribution < 1.29 is 23.1 Å². The van der Waals surface area contributed by atoms with Crippen LogP contribution in [0, 0.1) is 0 Å². The Kier molecular flexibility index (Phi) is 5.49. The molecule has 0 aliphatic carbocycles. The second-order valence-corrected chi connectivity index (χ2v) is 6.33. The maximum atomic E-state index is 11.6. The first-order chi connectivity index (χ1) is 8.84. The number of amides is 1. The molecule has 108 valence electrons. The van der Waals surface area contributed by atoms with Crippen molar-refractivity contribution in [1.82, 2.24) is 9.62 Å². The van der Waals surface area contributed by atoms with E-state index in [0.29, 0.717) is 25.9 Å². The van der Waals surface area contributed by atoms with Gasteiger partial charge in [-0.15, -0.1) is 0 Å². The van der Waals surface area contributed by atoms with Gasteiger partial charge in [0, 0.05) is 31.3 Å². The van der Waals surface area contributed by atoms with Crippen molar-refractivity contribution in [3.8, 4) is 0 Å². The van der Waals surface area contributed by atoms with E-state index in [1.165, 1.54) is 4.90 Å². The predicted octanol–water partition coefficient (Wildman–Crippen LogP) is -0.442. The highest BCUT2D eigenvalue weighted by Gasteiger charge is 2.24. The summed E-state index contributed by atoms with van der Waals surface area (Å²) >= 11 is 0. The molecule has 0 bridgehead atoms. The maximum absolute atomic E-state index is 11.6. The summed E-state index contributed by atoms with van der Waals surface area (Å²) in [6, 6.07) is -0.155. The zero-order valence-electron chi connectivity index (χ0n) is 10.7. The van der Waals surface area contributed by atoms with Gasteiger partial charge in [0.2, 0.25) is 15.9 Å². The molecule has 0 aromatic carbocycles.